The standard InChI is InChI=1S/C24H17Cl3N4O4/c1-35-17-4-2-3-16(12-17)28-23(33)24(34)30-31-20-8-6-14(25)9-13(20)10-21(31)22(32)29-19-7-5-15(26)11-18(19)27/h2-12H,1H3,(H,28,33)(H,29,32)(H,30,34). The van der Waals surface area contributed by atoms with Crippen LogP contribution in [0.2, 0.25) is 15.1 Å². The minimum absolute atomic E-state index is 0.0378. The maximum Gasteiger partial charge on any atom is 0.328 e. The van der Waals surface area contributed by atoms with Crippen LogP contribution in [0.1, 0.15) is 10.5 Å². The quantitative estimate of drug-likeness (QED) is 0.293. The van der Waals surface area contributed by atoms with Crippen molar-refractivity contribution in [3.05, 3.63) is 87.5 Å². The summed E-state index contributed by atoms with van der Waals surface area (Å²) in [5, 5.41) is 6.81. The number of hydrogen-bond acceptors (Lipinski definition) is 4. The predicted octanol–water partition coefficient (Wildman–Crippen LogP) is 5.57. The molecule has 178 valence electrons. The van der Waals surface area contributed by atoms with Crippen molar-refractivity contribution >= 4 is 74.8 Å². The van der Waals surface area contributed by atoms with E-state index in [0.29, 0.717) is 38.1 Å². The highest BCUT2D eigenvalue weighted by Gasteiger charge is 2.22. The number of halogens is 3. The van der Waals surface area contributed by atoms with Gasteiger partial charge in [-0.1, -0.05) is 40.9 Å². The SMILES string of the molecule is COc1cccc(NC(=O)C(=O)Nn2c(C(=O)Nc3ccc(Cl)cc3Cl)cc3cc(Cl)ccc32)c1. The zero-order chi connectivity index (χ0) is 25.1. The Bertz CT molecular complexity index is 1470. The fourth-order valence-corrected chi connectivity index (χ4v) is 3.93. The number of nitrogens with one attached hydrogen (secondary N) is 3. The fourth-order valence-electron chi connectivity index (χ4n) is 3.29. The maximum absolute atomic E-state index is 13.1. The van der Waals surface area contributed by atoms with Crippen molar-refractivity contribution in [3.63, 3.8) is 0 Å². The number of carbonyl (C=O) groups is 3. The number of carbonyl (C=O) groups excluding carboxylic acids is 3. The van der Waals surface area contributed by atoms with Gasteiger partial charge in [-0.15, -0.1) is 0 Å². The molecule has 0 aliphatic heterocycles. The summed E-state index contributed by atoms with van der Waals surface area (Å²) < 4.78 is 6.32. The molecule has 0 saturated carbocycles. The second kappa shape index (κ2) is 10.3. The first-order valence-electron chi connectivity index (χ1n) is 10.1. The number of aromatic nitrogens is 1. The van der Waals surface area contributed by atoms with E-state index in [1.165, 1.54) is 23.9 Å². The molecule has 4 aromatic rings. The van der Waals surface area contributed by atoms with Gasteiger partial charge < -0.3 is 15.4 Å². The summed E-state index contributed by atoms with van der Waals surface area (Å²) in [5.41, 5.74) is 3.64. The van der Waals surface area contributed by atoms with Gasteiger partial charge in [-0.3, -0.25) is 19.8 Å². The summed E-state index contributed by atoms with van der Waals surface area (Å²) in [6.45, 7) is 0. The Kier molecular flexibility index (Phi) is 7.16. The lowest BCUT2D eigenvalue weighted by molar-refractivity contribution is -0.133. The molecule has 11 heteroatoms. The van der Waals surface area contributed by atoms with Gasteiger partial charge in [0.05, 0.1) is 23.3 Å². The molecular formula is C24H17Cl3N4O4. The third-order valence-corrected chi connectivity index (χ3v) is 5.71. The van der Waals surface area contributed by atoms with Crippen LogP contribution in [-0.4, -0.2) is 29.5 Å². The van der Waals surface area contributed by atoms with E-state index in [9.17, 15) is 14.4 Å². The summed E-state index contributed by atoms with van der Waals surface area (Å²) in [4.78, 5) is 38.4. The van der Waals surface area contributed by atoms with E-state index in [1.807, 2.05) is 0 Å². The highest BCUT2D eigenvalue weighted by Crippen LogP contribution is 2.27. The first kappa shape index (κ1) is 24.4. The maximum atomic E-state index is 13.1. The van der Waals surface area contributed by atoms with Gasteiger partial charge >= 0.3 is 11.8 Å². The molecule has 0 spiro atoms. The number of fused-ring (bicyclic) bond motifs is 1. The molecule has 0 saturated heterocycles. The lowest BCUT2D eigenvalue weighted by Gasteiger charge is -2.13. The smallest absolute Gasteiger partial charge is 0.328 e. The number of anilines is 2. The molecule has 3 amide bonds. The van der Waals surface area contributed by atoms with Crippen molar-refractivity contribution in [2.75, 3.05) is 23.2 Å². The van der Waals surface area contributed by atoms with Gasteiger partial charge in [0, 0.05) is 27.2 Å². The van der Waals surface area contributed by atoms with Crippen molar-refractivity contribution < 1.29 is 19.1 Å². The van der Waals surface area contributed by atoms with Crippen molar-refractivity contribution in [1.29, 1.82) is 0 Å². The molecule has 0 aliphatic rings. The normalized spacial score (nSPS) is 10.6. The number of amides is 3. The minimum Gasteiger partial charge on any atom is -0.497 e. The lowest BCUT2D eigenvalue weighted by Crippen LogP contribution is -2.36. The van der Waals surface area contributed by atoms with Crippen LogP contribution in [-0.2, 0) is 9.59 Å². The van der Waals surface area contributed by atoms with Crippen LogP contribution in [0.5, 0.6) is 5.75 Å². The number of nitrogens with zero attached hydrogens (tertiary/aromatic N) is 1. The molecule has 35 heavy (non-hydrogen) atoms. The molecular weight excluding hydrogens is 515 g/mol. The van der Waals surface area contributed by atoms with Gasteiger partial charge in [0.15, 0.2) is 0 Å². The van der Waals surface area contributed by atoms with E-state index in [2.05, 4.69) is 16.1 Å². The van der Waals surface area contributed by atoms with Crippen LogP contribution < -0.4 is 20.8 Å². The number of benzene rings is 3. The van der Waals surface area contributed by atoms with Crippen LogP contribution in [0.15, 0.2) is 66.7 Å². The average Bonchev–Trinajstić information content (AvgIpc) is 3.18. The molecule has 3 N–H and O–H groups in total. The Hall–Kier alpha value is -3.72. The van der Waals surface area contributed by atoms with Crippen LogP contribution in [0, 0.1) is 0 Å². The Morgan fingerprint density at radius 1 is 0.829 bits per heavy atom. The molecule has 0 aliphatic carbocycles. The zero-order valence-electron chi connectivity index (χ0n) is 18.1. The Balaban J connectivity index is 1.62. The average molecular weight is 532 g/mol. The van der Waals surface area contributed by atoms with Crippen molar-refractivity contribution in [3.8, 4) is 5.75 Å². The molecule has 0 radical (unpaired) electrons. The lowest BCUT2D eigenvalue weighted by atomic mass is 10.2. The molecule has 4 rings (SSSR count). The summed E-state index contributed by atoms with van der Waals surface area (Å²) in [7, 11) is 1.49. The zero-order valence-corrected chi connectivity index (χ0v) is 20.3. The topological polar surface area (TPSA) is 101 Å². The van der Waals surface area contributed by atoms with Gasteiger partial charge in [0.25, 0.3) is 5.91 Å². The second-order valence-electron chi connectivity index (χ2n) is 7.27. The minimum atomic E-state index is -1.00. The number of rotatable bonds is 5. The Morgan fingerprint density at radius 2 is 1.57 bits per heavy atom. The van der Waals surface area contributed by atoms with E-state index in [4.69, 9.17) is 39.5 Å². The summed E-state index contributed by atoms with van der Waals surface area (Å²) in [6.07, 6.45) is 0. The van der Waals surface area contributed by atoms with Gasteiger partial charge in [-0.25, -0.2) is 4.68 Å². The number of hydrogen-bond donors (Lipinski definition) is 3. The van der Waals surface area contributed by atoms with E-state index >= 15 is 0 Å². The first-order chi connectivity index (χ1) is 16.7. The number of methoxy groups -OCH3 is 1. The largest absolute Gasteiger partial charge is 0.497 e. The third kappa shape index (κ3) is 5.51. The molecule has 0 unspecified atom stereocenters. The highest BCUT2D eigenvalue weighted by atomic mass is 35.5. The summed E-state index contributed by atoms with van der Waals surface area (Å²) in [5.74, 6) is -2.02. The number of ether oxygens (including phenoxy) is 1. The van der Waals surface area contributed by atoms with E-state index in [1.54, 1.807) is 54.6 Å². The van der Waals surface area contributed by atoms with Crippen molar-refractivity contribution in [2.45, 2.75) is 0 Å². The molecule has 0 fully saturated rings. The van der Waals surface area contributed by atoms with Crippen LogP contribution in [0.25, 0.3) is 10.9 Å². The van der Waals surface area contributed by atoms with Crippen molar-refractivity contribution in [1.82, 2.24) is 4.68 Å². The van der Waals surface area contributed by atoms with Gasteiger partial charge in [-0.2, -0.15) is 0 Å². The highest BCUT2D eigenvalue weighted by molar-refractivity contribution is 6.42. The third-order valence-electron chi connectivity index (χ3n) is 4.92. The van der Waals surface area contributed by atoms with E-state index in [-0.39, 0.29) is 10.7 Å². The van der Waals surface area contributed by atoms with Gasteiger partial charge in [0.1, 0.15) is 11.4 Å². The first-order valence-corrected chi connectivity index (χ1v) is 11.2. The van der Waals surface area contributed by atoms with Crippen LogP contribution >= 0.6 is 34.8 Å². The molecule has 3 aromatic carbocycles. The summed E-state index contributed by atoms with van der Waals surface area (Å²) >= 11 is 18.2. The van der Waals surface area contributed by atoms with E-state index < -0.39 is 17.7 Å². The predicted molar refractivity (Wildman–Crippen MR) is 137 cm³/mol. The van der Waals surface area contributed by atoms with Crippen molar-refractivity contribution in [2.24, 2.45) is 0 Å². The second-order valence-corrected chi connectivity index (χ2v) is 8.55. The molecule has 8 nitrogen and oxygen atoms in total. The summed E-state index contributed by atoms with van der Waals surface area (Å²) in [6, 6.07) is 17.5. The molecule has 0 atom stereocenters. The monoisotopic (exact) mass is 530 g/mol. The Labute approximate surface area is 214 Å². The van der Waals surface area contributed by atoms with E-state index in [0.717, 1.165) is 0 Å². The Morgan fingerprint density at radius 3 is 2.31 bits per heavy atom. The van der Waals surface area contributed by atoms with Gasteiger partial charge in [0.2, 0.25) is 0 Å². The molecule has 1 aromatic heterocycles. The molecule has 1 heterocycles. The molecule has 0 bridgehead atoms. The van der Waals surface area contributed by atoms with Crippen LogP contribution in [0.3, 0.4) is 0 Å². The fraction of sp³-hybridized carbons (Fsp3) is 0.0417. The van der Waals surface area contributed by atoms with Crippen LogP contribution in [0.4, 0.5) is 11.4 Å². The van der Waals surface area contributed by atoms with Gasteiger partial charge in [-0.05, 0) is 54.6 Å².